The molecule has 6 heteroatoms. The van der Waals surface area contributed by atoms with Crippen molar-refractivity contribution in [2.45, 2.75) is 19.1 Å². The van der Waals surface area contributed by atoms with Gasteiger partial charge in [0.1, 0.15) is 0 Å². The zero-order valence-electron chi connectivity index (χ0n) is 7.80. The molecule has 2 rings (SSSR count). The minimum absolute atomic E-state index is 0.251. The number of oxime groups is 1. The lowest BCUT2D eigenvalue weighted by Gasteiger charge is -2.36. The second-order valence-corrected chi connectivity index (χ2v) is 3.70. The first-order valence-electron chi connectivity index (χ1n) is 4.46. The van der Waals surface area contributed by atoms with Crippen molar-refractivity contribution in [3.05, 3.63) is 0 Å². The van der Waals surface area contributed by atoms with Gasteiger partial charge < -0.3 is 20.0 Å². The average molecular weight is 200 g/mol. The summed E-state index contributed by atoms with van der Waals surface area (Å²) in [5.41, 5.74) is 0.651. The van der Waals surface area contributed by atoms with Crippen LogP contribution in [0.25, 0.3) is 0 Å². The number of amides is 1. The van der Waals surface area contributed by atoms with Crippen molar-refractivity contribution in [1.82, 2.24) is 4.90 Å². The van der Waals surface area contributed by atoms with Gasteiger partial charge in [0.05, 0.1) is 11.6 Å². The molecule has 0 saturated carbocycles. The fourth-order valence-electron chi connectivity index (χ4n) is 1.88. The Morgan fingerprint density at radius 1 is 1.79 bits per heavy atom. The highest BCUT2D eigenvalue weighted by molar-refractivity contribution is 5.86. The van der Waals surface area contributed by atoms with E-state index in [-0.39, 0.29) is 25.4 Å². The van der Waals surface area contributed by atoms with E-state index in [0.717, 1.165) is 0 Å². The number of carbonyl (C=O) groups is 1. The largest absolute Gasteiger partial charge is 0.465 e. The van der Waals surface area contributed by atoms with Crippen LogP contribution >= 0.6 is 0 Å². The Morgan fingerprint density at radius 2 is 2.50 bits per heavy atom. The SMILES string of the molecule is CC1=NOC2(O)CCN(C(=O)O)CC12. The van der Waals surface area contributed by atoms with Crippen LogP contribution in [-0.2, 0) is 4.84 Å². The molecule has 0 aromatic carbocycles. The van der Waals surface area contributed by atoms with E-state index < -0.39 is 11.9 Å². The van der Waals surface area contributed by atoms with Crippen molar-refractivity contribution >= 4 is 11.8 Å². The number of carboxylic acid groups (broad SMARTS) is 1. The van der Waals surface area contributed by atoms with Gasteiger partial charge in [-0.15, -0.1) is 0 Å². The third-order valence-electron chi connectivity index (χ3n) is 2.81. The number of hydrogen-bond donors (Lipinski definition) is 2. The maximum Gasteiger partial charge on any atom is 0.407 e. The van der Waals surface area contributed by atoms with E-state index in [0.29, 0.717) is 5.71 Å². The molecule has 2 aliphatic heterocycles. The fraction of sp³-hybridized carbons (Fsp3) is 0.750. The molecule has 2 N–H and O–H groups in total. The summed E-state index contributed by atoms with van der Waals surface area (Å²) in [5.74, 6) is -1.61. The van der Waals surface area contributed by atoms with Crippen molar-refractivity contribution in [1.29, 1.82) is 0 Å². The summed E-state index contributed by atoms with van der Waals surface area (Å²) in [6.07, 6.45) is -0.697. The molecule has 78 valence electrons. The molecule has 14 heavy (non-hydrogen) atoms. The normalized spacial score (nSPS) is 36.0. The van der Waals surface area contributed by atoms with Crippen LogP contribution in [0, 0.1) is 5.92 Å². The molecule has 0 aromatic rings. The van der Waals surface area contributed by atoms with Crippen LogP contribution in [0.3, 0.4) is 0 Å². The maximum atomic E-state index is 10.7. The summed E-state index contributed by atoms with van der Waals surface area (Å²) in [6.45, 7) is 2.26. The summed E-state index contributed by atoms with van der Waals surface area (Å²) in [4.78, 5) is 16.9. The first kappa shape index (κ1) is 9.26. The van der Waals surface area contributed by atoms with Gasteiger partial charge in [0, 0.05) is 19.5 Å². The number of fused-ring (bicyclic) bond motifs is 1. The van der Waals surface area contributed by atoms with Crippen LogP contribution in [0.15, 0.2) is 5.16 Å². The molecule has 0 aliphatic carbocycles. The Balaban J connectivity index is 2.15. The molecule has 0 radical (unpaired) electrons. The van der Waals surface area contributed by atoms with Gasteiger partial charge in [0.2, 0.25) is 5.79 Å². The van der Waals surface area contributed by atoms with Gasteiger partial charge in [-0.2, -0.15) is 0 Å². The standard InChI is InChI=1S/C8H12N2O4/c1-5-6-4-10(7(11)12)3-2-8(6,13)14-9-5/h6,13H,2-4H2,1H3,(H,11,12). The van der Waals surface area contributed by atoms with Crippen molar-refractivity contribution < 1.29 is 19.8 Å². The minimum Gasteiger partial charge on any atom is -0.465 e. The highest BCUT2D eigenvalue weighted by Crippen LogP contribution is 2.35. The molecule has 1 saturated heterocycles. The quantitative estimate of drug-likeness (QED) is 0.580. The van der Waals surface area contributed by atoms with Crippen molar-refractivity contribution in [2.75, 3.05) is 13.1 Å². The highest BCUT2D eigenvalue weighted by Gasteiger charge is 2.50. The van der Waals surface area contributed by atoms with Gasteiger partial charge in [-0.3, -0.25) is 0 Å². The van der Waals surface area contributed by atoms with Crippen molar-refractivity contribution in [3.8, 4) is 0 Å². The predicted molar refractivity (Wildman–Crippen MR) is 46.8 cm³/mol. The lowest BCUT2D eigenvalue weighted by atomic mass is 9.88. The van der Waals surface area contributed by atoms with Crippen LogP contribution in [0.1, 0.15) is 13.3 Å². The van der Waals surface area contributed by atoms with Crippen LogP contribution < -0.4 is 0 Å². The van der Waals surface area contributed by atoms with Crippen molar-refractivity contribution in [2.24, 2.45) is 11.1 Å². The van der Waals surface area contributed by atoms with Gasteiger partial charge in [0.25, 0.3) is 0 Å². The van der Waals surface area contributed by atoms with Crippen LogP contribution in [0.2, 0.25) is 0 Å². The first-order valence-corrected chi connectivity index (χ1v) is 4.46. The number of likely N-dealkylation sites (tertiary alicyclic amines) is 1. The molecule has 0 bridgehead atoms. The van der Waals surface area contributed by atoms with E-state index in [1.807, 2.05) is 0 Å². The molecular weight excluding hydrogens is 188 g/mol. The highest BCUT2D eigenvalue weighted by atomic mass is 16.7. The summed E-state index contributed by atoms with van der Waals surface area (Å²) in [6, 6.07) is 0. The Morgan fingerprint density at radius 3 is 3.14 bits per heavy atom. The molecule has 2 atom stereocenters. The Labute approximate surface area is 80.8 Å². The second-order valence-electron chi connectivity index (χ2n) is 3.70. The van der Waals surface area contributed by atoms with Gasteiger partial charge >= 0.3 is 6.09 Å². The van der Waals surface area contributed by atoms with E-state index in [1.165, 1.54) is 4.90 Å². The number of piperidine rings is 1. The third-order valence-corrected chi connectivity index (χ3v) is 2.81. The smallest absolute Gasteiger partial charge is 0.407 e. The fourth-order valence-corrected chi connectivity index (χ4v) is 1.88. The van der Waals surface area contributed by atoms with Crippen molar-refractivity contribution in [3.63, 3.8) is 0 Å². The van der Waals surface area contributed by atoms with E-state index in [4.69, 9.17) is 9.94 Å². The molecule has 2 aliphatic rings. The second kappa shape index (κ2) is 2.84. The molecule has 0 spiro atoms. The maximum absolute atomic E-state index is 10.7. The molecule has 1 amide bonds. The lowest BCUT2D eigenvalue weighted by molar-refractivity contribution is -0.225. The van der Waals surface area contributed by atoms with Gasteiger partial charge in [-0.25, -0.2) is 4.79 Å². The summed E-state index contributed by atoms with van der Waals surface area (Å²) in [7, 11) is 0. The topological polar surface area (TPSA) is 82.4 Å². The molecule has 6 nitrogen and oxygen atoms in total. The van der Waals surface area contributed by atoms with E-state index in [2.05, 4.69) is 5.16 Å². The molecule has 2 heterocycles. The number of nitrogens with zero attached hydrogens (tertiary/aromatic N) is 2. The van der Waals surface area contributed by atoms with Crippen LogP contribution in [0.5, 0.6) is 0 Å². The van der Waals surface area contributed by atoms with E-state index in [1.54, 1.807) is 6.92 Å². The van der Waals surface area contributed by atoms with Gasteiger partial charge in [-0.05, 0) is 6.92 Å². The average Bonchev–Trinajstić information content (AvgIpc) is 2.42. The number of hydrogen-bond acceptors (Lipinski definition) is 4. The Bertz CT molecular complexity index is 304. The molecule has 1 fully saturated rings. The minimum atomic E-state index is -1.28. The van der Waals surface area contributed by atoms with Crippen LogP contribution in [0.4, 0.5) is 4.79 Å². The number of rotatable bonds is 0. The first-order chi connectivity index (χ1) is 6.53. The molecule has 2 unspecified atom stereocenters. The molecular formula is C8H12N2O4. The Kier molecular flexibility index (Phi) is 1.88. The predicted octanol–water partition coefficient (Wildman–Crippen LogP) is 0.0810. The Hall–Kier alpha value is -1.30. The van der Waals surface area contributed by atoms with E-state index in [9.17, 15) is 9.90 Å². The summed E-state index contributed by atoms with van der Waals surface area (Å²) in [5, 5.41) is 22.4. The summed E-state index contributed by atoms with van der Waals surface area (Å²) >= 11 is 0. The lowest BCUT2D eigenvalue weighted by Crippen LogP contribution is -2.53. The zero-order valence-corrected chi connectivity index (χ0v) is 7.80. The van der Waals surface area contributed by atoms with Crippen LogP contribution in [-0.4, -0.2) is 45.8 Å². The third kappa shape index (κ3) is 1.22. The van der Waals surface area contributed by atoms with E-state index >= 15 is 0 Å². The van der Waals surface area contributed by atoms with Gasteiger partial charge in [-0.1, -0.05) is 5.16 Å². The van der Waals surface area contributed by atoms with Gasteiger partial charge in [0.15, 0.2) is 0 Å². The monoisotopic (exact) mass is 200 g/mol. The zero-order chi connectivity index (χ0) is 10.3. The molecule has 0 aromatic heterocycles. The summed E-state index contributed by atoms with van der Waals surface area (Å²) < 4.78 is 0. The number of aliphatic hydroxyl groups is 1.